The third-order valence-electron chi connectivity index (χ3n) is 4.29. The molecule has 1 aliphatic rings. The Kier molecular flexibility index (Phi) is 4.58. The maximum absolute atomic E-state index is 13.2. The van der Waals surface area contributed by atoms with E-state index < -0.39 is 11.8 Å². The van der Waals surface area contributed by atoms with E-state index in [2.05, 4.69) is 5.32 Å². The number of thiocarbonyl (C=S) groups is 1. The van der Waals surface area contributed by atoms with E-state index in [9.17, 15) is 14.0 Å². The van der Waals surface area contributed by atoms with Gasteiger partial charge in [-0.3, -0.25) is 19.8 Å². The lowest BCUT2D eigenvalue weighted by Crippen LogP contribution is -2.54. The van der Waals surface area contributed by atoms with E-state index >= 15 is 0 Å². The number of benzene rings is 2. The summed E-state index contributed by atoms with van der Waals surface area (Å²) in [6.07, 6.45) is 3.27. The van der Waals surface area contributed by atoms with Crippen molar-refractivity contribution in [3.8, 4) is 5.69 Å². The van der Waals surface area contributed by atoms with Crippen LogP contribution in [0.4, 0.5) is 10.1 Å². The summed E-state index contributed by atoms with van der Waals surface area (Å²) in [5.74, 6) is -1.41. The molecule has 0 saturated carbocycles. The van der Waals surface area contributed by atoms with Gasteiger partial charge in [-0.2, -0.15) is 0 Å². The average Bonchev–Trinajstić information content (AvgIpc) is 3.15. The fourth-order valence-electron chi connectivity index (χ4n) is 2.97. The quantitative estimate of drug-likeness (QED) is 0.423. The SMILES string of the molecule is O=C1NC(=S)N(c2ccccc2)C(=O)C1=Cc1cccn1-c1ccc(F)cc1. The Morgan fingerprint density at radius 1 is 0.893 bits per heavy atom. The number of nitrogens with zero attached hydrogens (tertiary/aromatic N) is 2. The van der Waals surface area contributed by atoms with E-state index in [1.807, 2.05) is 6.07 Å². The Hall–Kier alpha value is -3.58. The summed E-state index contributed by atoms with van der Waals surface area (Å²) in [6, 6.07) is 18.3. The van der Waals surface area contributed by atoms with Gasteiger partial charge in [-0.15, -0.1) is 0 Å². The van der Waals surface area contributed by atoms with Gasteiger partial charge >= 0.3 is 0 Å². The second kappa shape index (κ2) is 7.21. The minimum Gasteiger partial charge on any atom is -0.317 e. The first-order valence-corrected chi connectivity index (χ1v) is 8.85. The molecule has 0 unspecified atom stereocenters. The molecule has 138 valence electrons. The molecular formula is C21H14FN3O2S. The number of aromatic nitrogens is 1. The fraction of sp³-hybridized carbons (Fsp3) is 0. The van der Waals surface area contributed by atoms with Crippen molar-refractivity contribution in [2.24, 2.45) is 0 Å². The van der Waals surface area contributed by atoms with Crippen LogP contribution in [0.5, 0.6) is 0 Å². The number of para-hydroxylation sites is 1. The first kappa shape index (κ1) is 17.8. The second-order valence-electron chi connectivity index (χ2n) is 6.07. The largest absolute Gasteiger partial charge is 0.317 e. The van der Waals surface area contributed by atoms with Crippen LogP contribution < -0.4 is 10.2 Å². The molecule has 2 amide bonds. The second-order valence-corrected chi connectivity index (χ2v) is 6.46. The van der Waals surface area contributed by atoms with E-state index in [-0.39, 0.29) is 16.5 Å². The molecule has 4 rings (SSSR count). The number of hydrogen-bond donors (Lipinski definition) is 1. The number of nitrogens with one attached hydrogen (secondary N) is 1. The van der Waals surface area contributed by atoms with Gasteiger partial charge in [0.25, 0.3) is 11.8 Å². The predicted octanol–water partition coefficient (Wildman–Crippen LogP) is 3.45. The zero-order chi connectivity index (χ0) is 19.7. The third kappa shape index (κ3) is 3.23. The van der Waals surface area contributed by atoms with Gasteiger partial charge in [-0.1, -0.05) is 18.2 Å². The summed E-state index contributed by atoms with van der Waals surface area (Å²) in [5, 5.41) is 2.59. The number of amides is 2. The summed E-state index contributed by atoms with van der Waals surface area (Å²) in [7, 11) is 0. The van der Waals surface area contributed by atoms with Gasteiger partial charge < -0.3 is 4.57 Å². The molecule has 0 aliphatic carbocycles. The number of carbonyl (C=O) groups excluding carboxylic acids is 2. The van der Waals surface area contributed by atoms with Crippen LogP contribution in [0.1, 0.15) is 5.69 Å². The molecule has 3 aromatic rings. The van der Waals surface area contributed by atoms with Gasteiger partial charge in [0, 0.05) is 17.6 Å². The number of anilines is 1. The first-order valence-electron chi connectivity index (χ1n) is 8.44. The summed E-state index contributed by atoms with van der Waals surface area (Å²) in [5.41, 5.74) is 1.83. The maximum Gasteiger partial charge on any atom is 0.270 e. The van der Waals surface area contributed by atoms with Crippen LogP contribution in [-0.2, 0) is 9.59 Å². The molecule has 0 atom stereocenters. The van der Waals surface area contributed by atoms with E-state index in [1.165, 1.54) is 23.1 Å². The number of hydrogen-bond acceptors (Lipinski definition) is 3. The molecule has 2 heterocycles. The molecular weight excluding hydrogens is 377 g/mol. The highest BCUT2D eigenvalue weighted by Gasteiger charge is 2.34. The molecule has 1 saturated heterocycles. The van der Waals surface area contributed by atoms with Crippen molar-refractivity contribution in [3.05, 3.63) is 90.0 Å². The molecule has 28 heavy (non-hydrogen) atoms. The Bertz CT molecular complexity index is 1100. The van der Waals surface area contributed by atoms with Crippen LogP contribution >= 0.6 is 12.2 Å². The summed E-state index contributed by atoms with van der Waals surface area (Å²) in [4.78, 5) is 26.7. The predicted molar refractivity (Wildman–Crippen MR) is 108 cm³/mol. The Balaban J connectivity index is 1.74. The van der Waals surface area contributed by atoms with Crippen LogP contribution in [-0.4, -0.2) is 21.5 Å². The van der Waals surface area contributed by atoms with Gasteiger partial charge in [0.2, 0.25) is 0 Å². The summed E-state index contributed by atoms with van der Waals surface area (Å²) in [6.45, 7) is 0. The molecule has 5 nitrogen and oxygen atoms in total. The molecule has 1 aliphatic heterocycles. The van der Waals surface area contributed by atoms with Gasteiger partial charge in [-0.25, -0.2) is 4.39 Å². The molecule has 1 fully saturated rings. The van der Waals surface area contributed by atoms with Crippen LogP contribution in [0.15, 0.2) is 78.5 Å². The molecule has 1 N–H and O–H groups in total. The fourth-order valence-corrected chi connectivity index (χ4v) is 3.25. The van der Waals surface area contributed by atoms with Crippen molar-refractivity contribution in [3.63, 3.8) is 0 Å². The van der Waals surface area contributed by atoms with E-state index in [1.54, 1.807) is 59.3 Å². The third-order valence-corrected chi connectivity index (χ3v) is 4.58. The lowest BCUT2D eigenvalue weighted by molar-refractivity contribution is -0.122. The highest BCUT2D eigenvalue weighted by Crippen LogP contribution is 2.23. The molecule has 1 aromatic heterocycles. The molecule has 0 radical (unpaired) electrons. The molecule has 0 bridgehead atoms. The van der Waals surface area contributed by atoms with Crippen molar-refractivity contribution in [2.75, 3.05) is 4.90 Å². The standard InChI is InChI=1S/C21H14FN3O2S/c22-14-8-10-15(11-9-14)24-12-4-7-17(24)13-18-19(26)23-21(28)25(20(18)27)16-5-2-1-3-6-16/h1-13H,(H,23,26,28). The zero-order valence-corrected chi connectivity index (χ0v) is 15.3. The van der Waals surface area contributed by atoms with Crippen molar-refractivity contribution in [1.82, 2.24) is 9.88 Å². The van der Waals surface area contributed by atoms with Crippen LogP contribution in [0.25, 0.3) is 11.8 Å². The topological polar surface area (TPSA) is 54.3 Å². The van der Waals surface area contributed by atoms with E-state index in [4.69, 9.17) is 12.2 Å². The minimum absolute atomic E-state index is 0.0345. The Labute approximate surface area is 165 Å². The highest BCUT2D eigenvalue weighted by atomic mass is 32.1. The zero-order valence-electron chi connectivity index (χ0n) is 14.5. The van der Waals surface area contributed by atoms with E-state index in [0.29, 0.717) is 17.1 Å². The molecule has 7 heteroatoms. The van der Waals surface area contributed by atoms with Gasteiger partial charge in [0.1, 0.15) is 11.4 Å². The van der Waals surface area contributed by atoms with Crippen molar-refractivity contribution in [1.29, 1.82) is 0 Å². The van der Waals surface area contributed by atoms with Crippen LogP contribution in [0.3, 0.4) is 0 Å². The van der Waals surface area contributed by atoms with Crippen LogP contribution in [0.2, 0.25) is 0 Å². The summed E-state index contributed by atoms with van der Waals surface area (Å²) < 4.78 is 15.0. The summed E-state index contributed by atoms with van der Waals surface area (Å²) >= 11 is 5.18. The molecule has 0 spiro atoms. The van der Waals surface area contributed by atoms with Gasteiger partial charge in [0.05, 0.1) is 5.69 Å². The Morgan fingerprint density at radius 3 is 2.32 bits per heavy atom. The van der Waals surface area contributed by atoms with E-state index in [0.717, 1.165) is 0 Å². The minimum atomic E-state index is -0.561. The van der Waals surface area contributed by atoms with Crippen molar-refractivity contribution >= 4 is 40.9 Å². The smallest absolute Gasteiger partial charge is 0.270 e. The highest BCUT2D eigenvalue weighted by molar-refractivity contribution is 7.80. The Morgan fingerprint density at radius 2 is 1.61 bits per heavy atom. The molecule has 2 aromatic carbocycles. The maximum atomic E-state index is 13.2. The van der Waals surface area contributed by atoms with Crippen molar-refractivity contribution in [2.45, 2.75) is 0 Å². The monoisotopic (exact) mass is 391 g/mol. The number of rotatable bonds is 3. The van der Waals surface area contributed by atoms with Gasteiger partial charge in [0.15, 0.2) is 5.11 Å². The van der Waals surface area contributed by atoms with Crippen molar-refractivity contribution < 1.29 is 14.0 Å². The lowest BCUT2D eigenvalue weighted by Gasteiger charge is -2.28. The lowest BCUT2D eigenvalue weighted by atomic mass is 10.1. The number of halogens is 1. The number of carbonyl (C=O) groups is 2. The average molecular weight is 391 g/mol. The first-order chi connectivity index (χ1) is 13.5. The normalized spacial score (nSPS) is 15.8. The van der Waals surface area contributed by atoms with Gasteiger partial charge in [-0.05, 0) is 66.8 Å². The van der Waals surface area contributed by atoms with Crippen LogP contribution in [0, 0.1) is 5.82 Å².